The smallest absolute Gasteiger partial charge is 0.328 e. The van der Waals surface area contributed by atoms with Crippen LogP contribution < -0.4 is 4.90 Å². The number of hydrogen-bond donors (Lipinski definition) is 1. The van der Waals surface area contributed by atoms with Gasteiger partial charge < -0.3 is 4.74 Å². The fourth-order valence-electron chi connectivity index (χ4n) is 2.07. The van der Waals surface area contributed by atoms with Crippen LogP contribution in [0.15, 0.2) is 16.6 Å². The maximum atomic E-state index is 12.2. The fraction of sp³-hybridized carbons (Fsp3) is 0.429. The van der Waals surface area contributed by atoms with Crippen LogP contribution in [0, 0.1) is 13.8 Å². The van der Waals surface area contributed by atoms with Crippen LogP contribution in [0.1, 0.15) is 18.1 Å². The van der Waals surface area contributed by atoms with Crippen molar-refractivity contribution in [1.29, 1.82) is 0 Å². The summed E-state index contributed by atoms with van der Waals surface area (Å²) in [6.07, 6.45) is 0. The lowest BCUT2D eigenvalue weighted by Crippen LogP contribution is -2.45. The molecule has 0 fully saturated rings. The Kier molecular flexibility index (Phi) is 6.07. The van der Waals surface area contributed by atoms with E-state index < -0.39 is 12.0 Å². The second kappa shape index (κ2) is 7.13. The quantitative estimate of drug-likeness (QED) is 0.664. The van der Waals surface area contributed by atoms with Crippen LogP contribution in [0.3, 0.4) is 0 Å². The van der Waals surface area contributed by atoms with Gasteiger partial charge in [0.05, 0.1) is 18.6 Å². The molecule has 0 aliphatic carbocycles. The summed E-state index contributed by atoms with van der Waals surface area (Å²) in [6, 6.07) is 3.11. The molecule has 0 aliphatic rings. The summed E-state index contributed by atoms with van der Waals surface area (Å²) in [5.41, 5.74) is 2.53. The summed E-state index contributed by atoms with van der Waals surface area (Å²) >= 11 is 7.49. The highest BCUT2D eigenvalue weighted by Crippen LogP contribution is 2.32. The van der Waals surface area contributed by atoms with E-state index in [0.29, 0.717) is 0 Å². The highest BCUT2D eigenvalue weighted by molar-refractivity contribution is 9.10. The Labute approximate surface area is 133 Å². The summed E-state index contributed by atoms with van der Waals surface area (Å²) in [5, 5.41) is 0. The molecule has 4 nitrogen and oxygen atoms in total. The van der Waals surface area contributed by atoms with E-state index in [-0.39, 0.29) is 11.7 Å². The zero-order valence-corrected chi connectivity index (χ0v) is 14.4. The second-order valence-electron chi connectivity index (χ2n) is 4.46. The van der Waals surface area contributed by atoms with E-state index in [1.807, 2.05) is 26.0 Å². The molecule has 0 heterocycles. The Morgan fingerprint density at radius 1 is 1.40 bits per heavy atom. The first kappa shape index (κ1) is 17.0. The van der Waals surface area contributed by atoms with Crippen LogP contribution in [0.4, 0.5) is 5.69 Å². The molecule has 110 valence electrons. The Bertz CT molecular complexity index is 533. The van der Waals surface area contributed by atoms with Crippen molar-refractivity contribution in [2.45, 2.75) is 26.8 Å². The number of nitrogens with zero attached hydrogens (tertiary/aromatic N) is 1. The van der Waals surface area contributed by atoms with Crippen LogP contribution >= 0.6 is 28.6 Å². The normalized spacial score (nSPS) is 11.9. The zero-order valence-electron chi connectivity index (χ0n) is 11.9. The number of aryl methyl sites for hydroxylation is 1. The largest absolute Gasteiger partial charge is 0.467 e. The van der Waals surface area contributed by atoms with Gasteiger partial charge in [0.15, 0.2) is 0 Å². The van der Waals surface area contributed by atoms with Crippen molar-refractivity contribution in [3.8, 4) is 0 Å². The lowest BCUT2D eigenvalue weighted by Gasteiger charge is -2.30. The van der Waals surface area contributed by atoms with Crippen molar-refractivity contribution in [3.63, 3.8) is 0 Å². The molecule has 6 heteroatoms. The van der Waals surface area contributed by atoms with Gasteiger partial charge in [0.1, 0.15) is 6.04 Å². The van der Waals surface area contributed by atoms with Crippen molar-refractivity contribution in [2.24, 2.45) is 0 Å². The van der Waals surface area contributed by atoms with E-state index >= 15 is 0 Å². The third kappa shape index (κ3) is 3.35. The molecule has 0 aliphatic heterocycles. The molecule has 0 spiro atoms. The maximum absolute atomic E-state index is 12.2. The monoisotopic (exact) mass is 359 g/mol. The van der Waals surface area contributed by atoms with Gasteiger partial charge in [-0.05, 0) is 38.0 Å². The van der Waals surface area contributed by atoms with Crippen LogP contribution in [0.25, 0.3) is 0 Å². The van der Waals surface area contributed by atoms with Gasteiger partial charge in [-0.3, -0.25) is 9.69 Å². The lowest BCUT2D eigenvalue weighted by molar-refractivity contribution is -0.142. The average molecular weight is 360 g/mol. The van der Waals surface area contributed by atoms with Crippen LogP contribution in [0.2, 0.25) is 0 Å². The van der Waals surface area contributed by atoms with Crippen molar-refractivity contribution in [1.82, 2.24) is 0 Å². The molecule has 1 rings (SSSR count). The Hall–Kier alpha value is -1.01. The molecular weight excluding hydrogens is 342 g/mol. The van der Waals surface area contributed by atoms with E-state index in [9.17, 15) is 9.59 Å². The number of carbonyl (C=O) groups is 2. The van der Waals surface area contributed by atoms with E-state index in [1.54, 1.807) is 6.92 Å². The standard InChI is InChI=1S/C14H18BrNO3S/c1-8-5-6-11(15)9(2)13(8)16(12(17)7-20)10(3)14(18)19-4/h5-6,10,20H,7H2,1-4H3. The number of carbonyl (C=O) groups excluding carboxylic acids is 2. The summed E-state index contributed by atoms with van der Waals surface area (Å²) in [4.78, 5) is 25.5. The zero-order chi connectivity index (χ0) is 15.4. The number of amides is 1. The van der Waals surface area contributed by atoms with Crippen molar-refractivity contribution in [3.05, 3.63) is 27.7 Å². The summed E-state index contributed by atoms with van der Waals surface area (Å²) in [5.74, 6) is -0.679. The van der Waals surface area contributed by atoms with Gasteiger partial charge in [0.2, 0.25) is 5.91 Å². The lowest BCUT2D eigenvalue weighted by atomic mass is 10.1. The number of ether oxygens (including phenoxy) is 1. The van der Waals surface area contributed by atoms with Gasteiger partial charge in [0, 0.05) is 4.47 Å². The highest BCUT2D eigenvalue weighted by Gasteiger charge is 2.29. The summed E-state index contributed by atoms with van der Waals surface area (Å²) in [6.45, 7) is 5.44. The van der Waals surface area contributed by atoms with Gasteiger partial charge in [-0.25, -0.2) is 4.79 Å². The van der Waals surface area contributed by atoms with Gasteiger partial charge in [-0.1, -0.05) is 22.0 Å². The molecule has 1 amide bonds. The molecule has 0 saturated heterocycles. The molecule has 0 saturated carbocycles. The minimum absolute atomic E-state index is 0.0206. The predicted molar refractivity (Wildman–Crippen MR) is 86.4 cm³/mol. The molecule has 20 heavy (non-hydrogen) atoms. The average Bonchev–Trinajstić information content (AvgIpc) is 2.45. The van der Waals surface area contributed by atoms with Crippen molar-refractivity contribution in [2.75, 3.05) is 17.8 Å². The Morgan fingerprint density at radius 2 is 2.00 bits per heavy atom. The third-order valence-corrected chi connectivity index (χ3v) is 4.27. The molecule has 0 bridgehead atoms. The molecule has 1 aromatic rings. The van der Waals surface area contributed by atoms with Gasteiger partial charge in [-0.15, -0.1) is 0 Å². The van der Waals surface area contributed by atoms with Gasteiger partial charge in [0.25, 0.3) is 0 Å². The summed E-state index contributed by atoms with van der Waals surface area (Å²) < 4.78 is 5.63. The summed E-state index contributed by atoms with van der Waals surface area (Å²) in [7, 11) is 1.31. The topological polar surface area (TPSA) is 46.6 Å². The molecule has 0 aromatic heterocycles. The number of halogens is 1. The first-order chi connectivity index (χ1) is 9.34. The number of rotatable bonds is 4. The molecule has 1 aromatic carbocycles. The number of hydrogen-bond acceptors (Lipinski definition) is 4. The van der Waals surface area contributed by atoms with Crippen LogP contribution in [0.5, 0.6) is 0 Å². The number of benzene rings is 1. The molecule has 0 N–H and O–H groups in total. The van der Waals surface area contributed by atoms with Crippen molar-refractivity contribution < 1.29 is 14.3 Å². The Morgan fingerprint density at radius 3 is 2.50 bits per heavy atom. The number of methoxy groups -OCH3 is 1. The van der Waals surface area contributed by atoms with Gasteiger partial charge in [-0.2, -0.15) is 12.6 Å². The number of esters is 1. The molecular formula is C14H18BrNO3S. The number of thiol groups is 1. The van der Waals surface area contributed by atoms with E-state index in [2.05, 4.69) is 28.6 Å². The first-order valence-electron chi connectivity index (χ1n) is 6.11. The first-order valence-corrected chi connectivity index (χ1v) is 7.54. The van der Waals surface area contributed by atoms with Gasteiger partial charge >= 0.3 is 5.97 Å². The van der Waals surface area contributed by atoms with E-state index in [4.69, 9.17) is 4.74 Å². The molecule has 0 radical (unpaired) electrons. The minimum Gasteiger partial charge on any atom is -0.467 e. The van der Waals surface area contributed by atoms with E-state index in [1.165, 1.54) is 12.0 Å². The third-order valence-electron chi connectivity index (χ3n) is 3.14. The molecule has 1 unspecified atom stereocenters. The highest BCUT2D eigenvalue weighted by atomic mass is 79.9. The minimum atomic E-state index is -0.702. The second-order valence-corrected chi connectivity index (χ2v) is 5.63. The maximum Gasteiger partial charge on any atom is 0.328 e. The number of anilines is 1. The molecule has 1 atom stereocenters. The SMILES string of the molecule is COC(=O)C(C)N(C(=O)CS)c1c(C)ccc(Br)c1C. The predicted octanol–water partition coefficient (Wildman–Crippen LogP) is 2.89. The Balaban J connectivity index is 3.43. The van der Waals surface area contributed by atoms with E-state index in [0.717, 1.165) is 21.3 Å². The fourth-order valence-corrected chi connectivity index (χ4v) is 2.54. The van der Waals surface area contributed by atoms with Crippen LogP contribution in [-0.2, 0) is 14.3 Å². The van der Waals surface area contributed by atoms with Crippen LogP contribution in [-0.4, -0.2) is 30.8 Å². The van der Waals surface area contributed by atoms with Crippen molar-refractivity contribution >= 4 is 46.1 Å².